The molecule has 0 aliphatic carbocycles. The van der Waals surface area contributed by atoms with Gasteiger partial charge in [-0.1, -0.05) is 84.7 Å². The summed E-state index contributed by atoms with van der Waals surface area (Å²) in [6, 6.07) is 30.6. The summed E-state index contributed by atoms with van der Waals surface area (Å²) in [5.74, 6) is 1.60. The van der Waals surface area contributed by atoms with Crippen molar-refractivity contribution in [3.63, 3.8) is 0 Å². The number of benzene rings is 5. The van der Waals surface area contributed by atoms with Gasteiger partial charge < -0.3 is 70.0 Å². The summed E-state index contributed by atoms with van der Waals surface area (Å²) in [5.41, 5.74) is 15.1. The highest BCUT2D eigenvalue weighted by atomic mass is 16.5. The van der Waals surface area contributed by atoms with Crippen LogP contribution >= 0.6 is 0 Å². The fourth-order valence-corrected chi connectivity index (χ4v) is 15.4. The summed E-state index contributed by atoms with van der Waals surface area (Å²) in [7, 11) is 4.34. The van der Waals surface area contributed by atoms with E-state index in [0.717, 1.165) is 133 Å². The molecule has 0 unspecified atom stereocenters. The van der Waals surface area contributed by atoms with Crippen molar-refractivity contribution in [2.24, 2.45) is 20.2 Å². The first-order chi connectivity index (χ1) is 57.6. The van der Waals surface area contributed by atoms with Crippen LogP contribution in [0.4, 0.5) is 22.7 Å². The van der Waals surface area contributed by atoms with Gasteiger partial charge in [0.15, 0.2) is 5.66 Å². The van der Waals surface area contributed by atoms with Gasteiger partial charge in [-0.2, -0.15) is 10.2 Å². The zero-order chi connectivity index (χ0) is 85.3. The predicted molar refractivity (Wildman–Crippen MR) is 468 cm³/mol. The first-order valence-electron chi connectivity index (χ1n) is 42.6. The van der Waals surface area contributed by atoms with Gasteiger partial charge in [0.1, 0.15) is 29.1 Å². The first kappa shape index (κ1) is 87.9. The minimum Gasteiger partial charge on any atom is -0.494 e. The number of ether oxygens (including phenoxy) is 2. The van der Waals surface area contributed by atoms with E-state index in [4.69, 9.17) is 30.9 Å². The molecule has 0 saturated carbocycles. The Balaban J connectivity index is 0.628. The Bertz CT molecular complexity index is 4930. The molecular weight excluding hydrogens is 1520 g/mol. The molecule has 7 heterocycles. The molecule has 29 heteroatoms. The standard InChI is InChI=1S/C91H120N20O9/c1-13-33-94-88(118)76(97-81(113)30-32-91(10)101-102-91)31-35-93-82(114)59-110(57-67-58-111(103-100-67)38-19-34-92-80(112)22-17-48-120-86-71(89(4,5)6)52-66(53-72(86)90(7,8)9)78-56-65-50-69(26-29-74(65)96-78)107-45-41-105(12)42-46-107)85(117)61-109(37-15-3)84(116)60-108(36-14-2)83(115)23-18-47-119-70-21-16-20-63(51-70)87-98-75-27-24-62(54-79(75)99-87)77-55-64-49-68(25-28-73(64)95-77)106-43-39-104(11)40-44-106/h1,16,20-21,24-29,49-54,58,76H,14-15,17-19,22-23,30-48,55-57,59-61H2,2-12H3,(H,92,112)(H,93,114)(H,94,118)(H,97,113)(H,98,99)/t76-/m1/s1. The maximum atomic E-state index is 14.7. The number of carbonyl (C=O) groups excluding carboxylic acids is 7. The van der Waals surface area contributed by atoms with Gasteiger partial charge in [0, 0.05) is 152 Å². The molecule has 120 heavy (non-hydrogen) atoms. The minimum atomic E-state index is -1.05. The van der Waals surface area contributed by atoms with Crippen LogP contribution in [-0.4, -0.2) is 246 Å². The molecule has 7 aromatic rings. The number of terminal acetylenes is 1. The van der Waals surface area contributed by atoms with Gasteiger partial charge in [0.2, 0.25) is 41.4 Å². The van der Waals surface area contributed by atoms with Crippen LogP contribution < -0.4 is 40.5 Å². The lowest BCUT2D eigenvalue weighted by Crippen LogP contribution is -2.50. The molecule has 638 valence electrons. The number of hydrogen-bond donors (Lipinski definition) is 5. The second kappa shape index (κ2) is 40.1. The molecule has 29 nitrogen and oxygen atoms in total. The Morgan fingerprint density at radius 1 is 0.617 bits per heavy atom. The molecule has 7 amide bonds. The number of likely N-dealkylation sites (N-methyl/N-ethyl adjacent to an activating group) is 2. The third-order valence-electron chi connectivity index (χ3n) is 22.5. The Labute approximate surface area is 705 Å². The third kappa shape index (κ3) is 24.0. The molecular formula is C91H120N20O9. The third-order valence-corrected chi connectivity index (χ3v) is 22.5. The molecule has 2 aromatic heterocycles. The number of hydrogen-bond acceptors (Lipinski definition) is 20. The van der Waals surface area contributed by atoms with Crippen molar-refractivity contribution >= 4 is 86.6 Å². The number of piperazine rings is 2. The Hall–Kier alpha value is -11.4. The molecule has 0 bridgehead atoms. The molecule has 12 rings (SSSR count). The summed E-state index contributed by atoms with van der Waals surface area (Å²) in [4.78, 5) is 129. The highest BCUT2D eigenvalue weighted by Gasteiger charge is 2.36. The van der Waals surface area contributed by atoms with E-state index in [-0.39, 0.29) is 87.7 Å². The molecule has 5 aliphatic heterocycles. The number of rotatable bonds is 40. The number of nitrogens with zero attached hydrogens (tertiary/aromatic N) is 15. The van der Waals surface area contributed by atoms with E-state index in [1.165, 1.54) is 37.2 Å². The molecule has 5 N–H and O–H groups in total. The van der Waals surface area contributed by atoms with Gasteiger partial charge in [-0.3, -0.25) is 48.2 Å². The van der Waals surface area contributed by atoms with Gasteiger partial charge in [-0.25, -0.2) is 4.98 Å². The van der Waals surface area contributed by atoms with Crippen molar-refractivity contribution in [1.82, 2.24) is 70.7 Å². The summed E-state index contributed by atoms with van der Waals surface area (Å²) in [6.07, 6.45) is 11.8. The van der Waals surface area contributed by atoms with Crippen LogP contribution in [0, 0.1) is 12.3 Å². The summed E-state index contributed by atoms with van der Waals surface area (Å²) in [5, 5.41) is 27.8. The van der Waals surface area contributed by atoms with Gasteiger partial charge in [0.25, 0.3) is 0 Å². The van der Waals surface area contributed by atoms with Crippen LogP contribution in [-0.2, 0) is 70.3 Å². The number of aryl methyl sites for hydroxylation is 1. The SMILES string of the molecule is C#CCNC(=O)[C@@H](CCNC(=O)CN(Cc1cn(CCCNC(=O)CCCOc2c(C(C)(C)C)cc(C3=Nc4ccc(N5CCN(C)CC5)cc4C3)cc2C(C)(C)C)nn1)C(=O)CN(CCC)C(=O)CN(CCC)C(=O)CCCOc1cccc(-c2nc3ccc(C4=Nc5ccc(N6CCN(C)CC6)cc5C4)cc3[nH]2)c1)NC(=O)CCC1(C)N=N1. The number of fused-ring (bicyclic) bond motifs is 3. The van der Waals surface area contributed by atoms with Gasteiger partial charge >= 0.3 is 0 Å². The largest absolute Gasteiger partial charge is 0.494 e. The number of H-pyrrole nitrogens is 1. The number of aromatic nitrogens is 5. The van der Waals surface area contributed by atoms with E-state index in [1.54, 1.807) is 17.8 Å². The normalized spacial score (nSPS) is 15.2. The van der Waals surface area contributed by atoms with Crippen LogP contribution in [0.2, 0.25) is 0 Å². The second-order valence-electron chi connectivity index (χ2n) is 34.5. The average Bonchev–Trinajstić information content (AvgIpc) is 1.11. The van der Waals surface area contributed by atoms with Crippen LogP contribution in [0.3, 0.4) is 0 Å². The van der Waals surface area contributed by atoms with E-state index in [9.17, 15) is 33.6 Å². The maximum Gasteiger partial charge on any atom is 0.243 e. The number of amides is 7. The van der Waals surface area contributed by atoms with Crippen LogP contribution in [0.1, 0.15) is 166 Å². The Kier molecular flexibility index (Phi) is 29.4. The lowest BCUT2D eigenvalue weighted by atomic mass is 9.77. The van der Waals surface area contributed by atoms with Gasteiger partial charge in [-0.15, -0.1) is 11.5 Å². The summed E-state index contributed by atoms with van der Waals surface area (Å²) in [6.45, 7) is 27.3. The molecule has 1 atom stereocenters. The van der Waals surface area contributed by atoms with Gasteiger partial charge in [-0.05, 0) is 165 Å². The zero-order valence-corrected chi connectivity index (χ0v) is 71.9. The molecule has 0 radical (unpaired) electrons. The van der Waals surface area contributed by atoms with Crippen molar-refractivity contribution in [3.8, 4) is 35.2 Å². The Morgan fingerprint density at radius 3 is 1.83 bits per heavy atom. The smallest absolute Gasteiger partial charge is 0.243 e. The van der Waals surface area contributed by atoms with E-state index in [0.29, 0.717) is 82.0 Å². The molecule has 2 saturated heterocycles. The summed E-state index contributed by atoms with van der Waals surface area (Å²) >= 11 is 0. The number of nitrogens with one attached hydrogen (secondary N) is 5. The quantitative estimate of drug-likeness (QED) is 0.0176. The van der Waals surface area contributed by atoms with E-state index in [1.807, 2.05) is 44.2 Å². The van der Waals surface area contributed by atoms with Crippen LogP contribution in [0.15, 0.2) is 117 Å². The van der Waals surface area contributed by atoms with E-state index in [2.05, 4.69) is 189 Å². The highest BCUT2D eigenvalue weighted by molar-refractivity contribution is 6.09. The van der Waals surface area contributed by atoms with Gasteiger partial charge in [0.05, 0.1) is 86.0 Å². The predicted octanol–water partition coefficient (Wildman–Crippen LogP) is 10.0. The first-order valence-corrected chi connectivity index (χ1v) is 42.6. The van der Waals surface area contributed by atoms with Crippen molar-refractivity contribution in [2.75, 3.05) is 142 Å². The van der Waals surface area contributed by atoms with Crippen molar-refractivity contribution in [1.29, 1.82) is 0 Å². The second-order valence-corrected chi connectivity index (χ2v) is 34.5. The van der Waals surface area contributed by atoms with Crippen LogP contribution in [0.25, 0.3) is 22.4 Å². The fraction of sp³-hybridized carbons (Fsp3) is 0.516. The maximum absolute atomic E-state index is 14.7. The average molecular weight is 1640 g/mol. The Morgan fingerprint density at radius 2 is 1.22 bits per heavy atom. The number of anilines is 2. The minimum absolute atomic E-state index is 0.0126. The lowest BCUT2D eigenvalue weighted by molar-refractivity contribution is -0.145. The molecule has 5 aromatic carbocycles. The number of aliphatic imine (C=N–C) groups is 2. The summed E-state index contributed by atoms with van der Waals surface area (Å²) < 4.78 is 14.6. The number of carbonyl (C=O) groups is 7. The number of imidazole rings is 1. The number of aromatic amines is 1. The van der Waals surface area contributed by atoms with Crippen molar-refractivity contribution in [3.05, 3.63) is 136 Å². The topological polar surface area (TPSA) is 318 Å². The van der Waals surface area contributed by atoms with E-state index < -0.39 is 54.3 Å². The molecule has 2 fully saturated rings. The molecule has 5 aliphatic rings. The van der Waals surface area contributed by atoms with Crippen molar-refractivity contribution in [2.45, 2.75) is 175 Å². The van der Waals surface area contributed by atoms with Crippen LogP contribution in [0.5, 0.6) is 11.5 Å². The monoisotopic (exact) mass is 1640 g/mol. The highest BCUT2D eigenvalue weighted by Crippen LogP contribution is 2.43. The van der Waals surface area contributed by atoms with Crippen molar-refractivity contribution < 1.29 is 43.0 Å². The van der Waals surface area contributed by atoms with E-state index >= 15 is 0 Å². The molecule has 0 spiro atoms. The fourth-order valence-electron chi connectivity index (χ4n) is 15.4. The lowest BCUT2D eigenvalue weighted by Gasteiger charge is -2.34. The zero-order valence-electron chi connectivity index (χ0n) is 71.9.